The normalized spacial score (nSPS) is 21.6. The fourth-order valence-corrected chi connectivity index (χ4v) is 4.27. The average molecular weight is 423 g/mol. The smallest absolute Gasteiger partial charge is 0.191 e. The minimum atomic E-state index is -0.0265. The Morgan fingerprint density at radius 2 is 1.90 bits per heavy atom. The number of ether oxygens (including phenoxy) is 2. The molecule has 0 aromatic heterocycles. The third-order valence-electron chi connectivity index (χ3n) is 6.00. The predicted octanol–water partition coefficient (Wildman–Crippen LogP) is 2.66. The van der Waals surface area contributed by atoms with Crippen molar-refractivity contribution in [2.75, 3.05) is 59.2 Å². The summed E-state index contributed by atoms with van der Waals surface area (Å²) in [5.41, 5.74) is 1.23. The molecule has 6 nitrogen and oxygen atoms in total. The van der Waals surface area contributed by atoms with E-state index in [0.29, 0.717) is 6.04 Å². The molecule has 29 heavy (non-hydrogen) atoms. The van der Waals surface area contributed by atoms with E-state index in [1.165, 1.54) is 5.56 Å². The number of nitrogens with one attached hydrogen (secondary N) is 2. The standard InChI is InChI=1S/C22H35ClN4O2/c1-3-24-21(25-16-18(2)27-9-13-29-14-10-27)26-17-22(7-11-28-12-8-22)19-5-4-6-20(23)15-19/h4-6,15,18H,3,7-14,16-17H2,1-2H3,(H2,24,25,26). The van der Waals surface area contributed by atoms with Gasteiger partial charge in [0.15, 0.2) is 5.96 Å². The Balaban J connectivity index is 1.67. The molecule has 2 aliphatic rings. The Morgan fingerprint density at radius 3 is 2.59 bits per heavy atom. The Bertz CT molecular complexity index is 658. The summed E-state index contributed by atoms with van der Waals surface area (Å²) >= 11 is 6.29. The monoisotopic (exact) mass is 422 g/mol. The molecule has 0 radical (unpaired) electrons. The second-order valence-electron chi connectivity index (χ2n) is 7.98. The van der Waals surface area contributed by atoms with Crippen LogP contribution in [0.5, 0.6) is 0 Å². The molecule has 0 amide bonds. The number of morpholine rings is 1. The molecule has 7 heteroatoms. The molecular weight excluding hydrogens is 388 g/mol. The van der Waals surface area contributed by atoms with Crippen molar-refractivity contribution >= 4 is 17.6 Å². The van der Waals surface area contributed by atoms with Gasteiger partial charge >= 0.3 is 0 Å². The molecule has 0 aliphatic carbocycles. The summed E-state index contributed by atoms with van der Waals surface area (Å²) in [5, 5.41) is 7.71. The third kappa shape index (κ3) is 6.32. The molecule has 2 N–H and O–H groups in total. The summed E-state index contributed by atoms with van der Waals surface area (Å²) in [7, 11) is 0. The number of rotatable bonds is 7. The quantitative estimate of drug-likeness (QED) is 0.522. The number of guanidine groups is 1. The molecule has 0 saturated carbocycles. The van der Waals surface area contributed by atoms with E-state index in [2.05, 4.69) is 41.5 Å². The van der Waals surface area contributed by atoms with Gasteiger partial charge < -0.3 is 20.1 Å². The first-order valence-corrected chi connectivity index (χ1v) is 11.2. The van der Waals surface area contributed by atoms with Crippen LogP contribution in [0.1, 0.15) is 32.3 Å². The van der Waals surface area contributed by atoms with Crippen molar-refractivity contribution in [1.29, 1.82) is 0 Å². The van der Waals surface area contributed by atoms with Crippen molar-refractivity contribution in [2.24, 2.45) is 4.99 Å². The van der Waals surface area contributed by atoms with Crippen LogP contribution in [0.3, 0.4) is 0 Å². The Hall–Kier alpha value is -1.34. The fourth-order valence-electron chi connectivity index (χ4n) is 4.08. The maximum absolute atomic E-state index is 6.29. The number of halogens is 1. The Morgan fingerprint density at radius 1 is 1.17 bits per heavy atom. The van der Waals surface area contributed by atoms with E-state index in [9.17, 15) is 0 Å². The first-order valence-electron chi connectivity index (χ1n) is 10.8. The lowest BCUT2D eigenvalue weighted by Crippen LogP contribution is -2.49. The molecule has 1 aromatic carbocycles. The van der Waals surface area contributed by atoms with Crippen molar-refractivity contribution in [2.45, 2.75) is 38.1 Å². The van der Waals surface area contributed by atoms with Gasteiger partial charge in [-0.3, -0.25) is 9.89 Å². The summed E-state index contributed by atoms with van der Waals surface area (Å²) in [6, 6.07) is 8.66. The van der Waals surface area contributed by atoms with E-state index in [-0.39, 0.29) is 5.41 Å². The summed E-state index contributed by atoms with van der Waals surface area (Å²) < 4.78 is 11.1. The van der Waals surface area contributed by atoms with E-state index in [0.717, 1.165) is 83.0 Å². The van der Waals surface area contributed by atoms with Gasteiger partial charge in [-0.2, -0.15) is 0 Å². The molecule has 162 valence electrons. The van der Waals surface area contributed by atoms with Gasteiger partial charge in [0.25, 0.3) is 0 Å². The first-order chi connectivity index (χ1) is 14.1. The summed E-state index contributed by atoms with van der Waals surface area (Å²) in [4.78, 5) is 7.45. The highest BCUT2D eigenvalue weighted by molar-refractivity contribution is 6.30. The van der Waals surface area contributed by atoms with Gasteiger partial charge in [0.2, 0.25) is 0 Å². The zero-order valence-electron chi connectivity index (χ0n) is 17.8. The van der Waals surface area contributed by atoms with Gasteiger partial charge in [0.05, 0.1) is 19.8 Å². The molecule has 2 saturated heterocycles. The maximum Gasteiger partial charge on any atom is 0.191 e. The van der Waals surface area contributed by atoms with Crippen molar-refractivity contribution in [3.63, 3.8) is 0 Å². The molecule has 1 aromatic rings. The molecule has 2 fully saturated rings. The molecule has 3 rings (SSSR count). The lowest BCUT2D eigenvalue weighted by molar-refractivity contribution is 0.0211. The van der Waals surface area contributed by atoms with Crippen LogP contribution >= 0.6 is 11.6 Å². The molecule has 2 aliphatic heterocycles. The van der Waals surface area contributed by atoms with Crippen LogP contribution in [0.4, 0.5) is 0 Å². The van der Waals surface area contributed by atoms with Crippen molar-refractivity contribution in [3.05, 3.63) is 34.9 Å². The zero-order valence-corrected chi connectivity index (χ0v) is 18.5. The van der Waals surface area contributed by atoms with Crippen LogP contribution in [-0.2, 0) is 14.9 Å². The van der Waals surface area contributed by atoms with Crippen LogP contribution in [0.25, 0.3) is 0 Å². The average Bonchev–Trinajstić information content (AvgIpc) is 2.76. The summed E-state index contributed by atoms with van der Waals surface area (Å²) in [6.07, 6.45) is 1.92. The van der Waals surface area contributed by atoms with Gasteiger partial charge in [0, 0.05) is 55.9 Å². The SMILES string of the molecule is CCNC(=NCC1(c2cccc(Cl)c2)CCOCC1)NCC(C)N1CCOCC1. The highest BCUT2D eigenvalue weighted by Crippen LogP contribution is 2.36. The van der Waals surface area contributed by atoms with Gasteiger partial charge in [-0.1, -0.05) is 23.7 Å². The van der Waals surface area contributed by atoms with Crippen LogP contribution in [0.2, 0.25) is 5.02 Å². The van der Waals surface area contributed by atoms with Crippen LogP contribution in [0, 0.1) is 0 Å². The first kappa shape index (κ1) is 22.3. The van der Waals surface area contributed by atoms with Gasteiger partial charge in [-0.25, -0.2) is 0 Å². The van der Waals surface area contributed by atoms with E-state index < -0.39 is 0 Å². The Labute approximate surface area is 180 Å². The fraction of sp³-hybridized carbons (Fsp3) is 0.682. The highest BCUT2D eigenvalue weighted by atomic mass is 35.5. The topological polar surface area (TPSA) is 58.1 Å². The number of aliphatic imine (C=N–C) groups is 1. The molecular formula is C22H35ClN4O2. The molecule has 0 bridgehead atoms. The predicted molar refractivity (Wildman–Crippen MR) is 119 cm³/mol. The van der Waals surface area contributed by atoms with Crippen LogP contribution < -0.4 is 10.6 Å². The van der Waals surface area contributed by atoms with E-state index in [1.54, 1.807) is 0 Å². The minimum Gasteiger partial charge on any atom is -0.381 e. The van der Waals surface area contributed by atoms with Crippen molar-refractivity contribution < 1.29 is 9.47 Å². The van der Waals surface area contributed by atoms with Crippen molar-refractivity contribution in [3.8, 4) is 0 Å². The van der Waals surface area contributed by atoms with Crippen LogP contribution in [0.15, 0.2) is 29.3 Å². The number of nitrogens with zero attached hydrogens (tertiary/aromatic N) is 2. The number of benzene rings is 1. The van der Waals surface area contributed by atoms with E-state index in [1.807, 2.05) is 12.1 Å². The summed E-state index contributed by atoms with van der Waals surface area (Å²) in [5.74, 6) is 0.875. The second kappa shape index (κ2) is 11.2. The number of hydrogen-bond acceptors (Lipinski definition) is 4. The molecule has 0 spiro atoms. The van der Waals surface area contributed by atoms with Gasteiger partial charge in [0.1, 0.15) is 0 Å². The molecule has 1 atom stereocenters. The molecule has 1 unspecified atom stereocenters. The minimum absolute atomic E-state index is 0.0265. The van der Waals surface area contributed by atoms with Gasteiger partial charge in [-0.15, -0.1) is 0 Å². The van der Waals surface area contributed by atoms with E-state index in [4.69, 9.17) is 26.1 Å². The highest BCUT2D eigenvalue weighted by Gasteiger charge is 2.34. The second-order valence-corrected chi connectivity index (χ2v) is 8.41. The zero-order chi connectivity index (χ0) is 20.5. The molecule has 2 heterocycles. The van der Waals surface area contributed by atoms with Gasteiger partial charge in [-0.05, 0) is 44.4 Å². The largest absolute Gasteiger partial charge is 0.381 e. The van der Waals surface area contributed by atoms with Crippen LogP contribution in [-0.4, -0.2) is 76.1 Å². The Kier molecular flexibility index (Phi) is 8.60. The summed E-state index contributed by atoms with van der Waals surface area (Å²) in [6.45, 7) is 11.9. The maximum atomic E-state index is 6.29. The lowest BCUT2D eigenvalue weighted by Gasteiger charge is -2.37. The van der Waals surface area contributed by atoms with Crippen molar-refractivity contribution in [1.82, 2.24) is 15.5 Å². The van der Waals surface area contributed by atoms with E-state index >= 15 is 0 Å². The number of hydrogen-bond donors (Lipinski definition) is 2. The third-order valence-corrected chi connectivity index (χ3v) is 6.24. The lowest BCUT2D eigenvalue weighted by atomic mass is 9.74.